The van der Waals surface area contributed by atoms with Gasteiger partial charge in [0.1, 0.15) is 23.6 Å². The highest BCUT2D eigenvalue weighted by Crippen LogP contribution is 2.46. The molecule has 0 spiro atoms. The van der Waals surface area contributed by atoms with Gasteiger partial charge in [0, 0.05) is 25.3 Å². The second kappa shape index (κ2) is 10.6. The van der Waals surface area contributed by atoms with Crippen LogP contribution >= 0.6 is 11.8 Å². The molecule has 1 aromatic heterocycles. The lowest BCUT2D eigenvalue weighted by molar-refractivity contribution is -0.117. The standard InChI is InChI=1S/C26H29FN6O5S/c27-16-4-5-18-24-23(16)17(12-33(24)22(36)13-31(18)9-2-10-34)28-8-1-3-15-11-32(26(37)38-15)20-7-6-19-25(29-20)30-21(35)14-39-19/h4-7,15,17,28,34H,1-3,8-14H2,(H,29,30,35)/t15-,17-/m1/s1. The molecule has 13 heteroatoms. The van der Waals surface area contributed by atoms with E-state index in [1.54, 1.807) is 17.0 Å². The van der Waals surface area contributed by atoms with Crippen LogP contribution in [0.5, 0.6) is 0 Å². The van der Waals surface area contributed by atoms with Crippen LogP contribution < -0.4 is 25.3 Å². The average Bonchev–Trinajstić information content (AvgIpc) is 3.50. The predicted molar refractivity (Wildman–Crippen MR) is 144 cm³/mol. The van der Waals surface area contributed by atoms with Crippen molar-refractivity contribution in [3.63, 3.8) is 0 Å². The number of aromatic nitrogens is 1. The Balaban J connectivity index is 1.06. The maximum Gasteiger partial charge on any atom is 0.415 e. The first-order valence-electron chi connectivity index (χ1n) is 13.1. The lowest BCUT2D eigenvalue weighted by atomic mass is 10.0. The van der Waals surface area contributed by atoms with Crippen molar-refractivity contribution < 1.29 is 28.6 Å². The number of rotatable bonds is 9. The summed E-state index contributed by atoms with van der Waals surface area (Å²) in [7, 11) is 0. The van der Waals surface area contributed by atoms with Gasteiger partial charge in [-0.1, -0.05) is 0 Å². The molecule has 206 valence electrons. The minimum Gasteiger partial charge on any atom is -0.444 e. The molecule has 6 rings (SSSR count). The van der Waals surface area contributed by atoms with E-state index in [4.69, 9.17) is 4.74 Å². The van der Waals surface area contributed by atoms with Gasteiger partial charge >= 0.3 is 6.09 Å². The summed E-state index contributed by atoms with van der Waals surface area (Å²) in [5.41, 5.74) is 1.93. The number of anilines is 4. The first-order valence-corrected chi connectivity index (χ1v) is 14.1. The zero-order chi connectivity index (χ0) is 27.1. The summed E-state index contributed by atoms with van der Waals surface area (Å²) in [6, 6.07) is 6.40. The predicted octanol–water partition coefficient (Wildman–Crippen LogP) is 2.25. The maximum absolute atomic E-state index is 15.0. The average molecular weight is 557 g/mol. The van der Waals surface area contributed by atoms with Gasteiger partial charge in [0.05, 0.1) is 41.2 Å². The Hall–Kier alpha value is -3.42. The van der Waals surface area contributed by atoms with Crippen molar-refractivity contribution in [2.45, 2.75) is 36.3 Å². The molecule has 0 bridgehead atoms. The van der Waals surface area contributed by atoms with E-state index in [9.17, 15) is 23.9 Å². The molecular weight excluding hydrogens is 527 g/mol. The lowest BCUT2D eigenvalue weighted by Gasteiger charge is -2.35. The number of nitrogens with one attached hydrogen (secondary N) is 2. The molecule has 0 saturated carbocycles. The van der Waals surface area contributed by atoms with Crippen LogP contribution in [0.3, 0.4) is 0 Å². The lowest BCUT2D eigenvalue weighted by Crippen LogP contribution is -2.45. The van der Waals surface area contributed by atoms with Gasteiger partial charge < -0.3 is 30.3 Å². The zero-order valence-corrected chi connectivity index (χ0v) is 22.0. The third-order valence-corrected chi connectivity index (χ3v) is 8.43. The molecular formula is C26H29FN6O5S. The molecule has 1 aromatic carbocycles. The highest BCUT2D eigenvalue weighted by atomic mass is 32.2. The molecule has 0 unspecified atom stereocenters. The number of cyclic esters (lactones) is 1. The van der Waals surface area contributed by atoms with Crippen LogP contribution in [0.4, 0.5) is 32.2 Å². The Labute approximate surface area is 228 Å². The van der Waals surface area contributed by atoms with Crippen LogP contribution in [0, 0.1) is 5.82 Å². The number of pyridine rings is 1. The van der Waals surface area contributed by atoms with E-state index >= 15 is 0 Å². The highest BCUT2D eigenvalue weighted by molar-refractivity contribution is 8.00. The molecule has 3 amide bonds. The SMILES string of the molecule is O=C1CSc2ccc(N3C[C@@H](CCCN[C@@H]4CN5C(=O)CN(CCCO)c6ccc(F)c4c65)OC3=O)nc2N1. The summed E-state index contributed by atoms with van der Waals surface area (Å²) in [6.45, 7) is 2.02. The summed E-state index contributed by atoms with van der Waals surface area (Å²) in [5, 5.41) is 15.3. The number of nitrogens with zero attached hydrogens (tertiary/aromatic N) is 4. The van der Waals surface area contributed by atoms with Crippen molar-refractivity contribution in [2.24, 2.45) is 0 Å². The van der Waals surface area contributed by atoms with E-state index in [0.29, 0.717) is 74.1 Å². The van der Waals surface area contributed by atoms with Crippen LogP contribution in [0.1, 0.15) is 30.9 Å². The monoisotopic (exact) mass is 556 g/mol. The third-order valence-electron chi connectivity index (χ3n) is 7.38. The first-order chi connectivity index (χ1) is 18.9. The van der Waals surface area contributed by atoms with Crippen LogP contribution in [-0.2, 0) is 14.3 Å². The Morgan fingerprint density at radius 2 is 2.03 bits per heavy atom. The number of carbonyl (C=O) groups is 3. The molecule has 11 nitrogen and oxygen atoms in total. The summed E-state index contributed by atoms with van der Waals surface area (Å²) in [4.78, 5) is 47.4. The second-order valence-corrected chi connectivity index (χ2v) is 11.0. The summed E-state index contributed by atoms with van der Waals surface area (Å²) in [6.07, 6.45) is 1.02. The van der Waals surface area contributed by atoms with E-state index in [1.165, 1.54) is 22.7 Å². The number of amides is 3. The molecule has 1 fully saturated rings. The van der Waals surface area contributed by atoms with E-state index < -0.39 is 6.09 Å². The molecule has 39 heavy (non-hydrogen) atoms. The number of hydrogen-bond acceptors (Lipinski definition) is 9. The van der Waals surface area contributed by atoms with Gasteiger partial charge in [-0.15, -0.1) is 11.8 Å². The Morgan fingerprint density at radius 3 is 2.87 bits per heavy atom. The molecule has 4 aliphatic heterocycles. The number of carbonyl (C=O) groups excluding carboxylic acids is 3. The van der Waals surface area contributed by atoms with E-state index in [0.717, 1.165) is 10.6 Å². The van der Waals surface area contributed by atoms with Crippen molar-refractivity contribution in [3.05, 3.63) is 35.6 Å². The first kappa shape index (κ1) is 25.8. The van der Waals surface area contributed by atoms with Crippen molar-refractivity contribution in [3.8, 4) is 0 Å². The largest absolute Gasteiger partial charge is 0.444 e. The number of ether oxygens (including phenoxy) is 1. The Bertz CT molecular complexity index is 1330. The topological polar surface area (TPSA) is 127 Å². The quantitative estimate of drug-likeness (QED) is 0.399. The van der Waals surface area contributed by atoms with Gasteiger partial charge in [-0.3, -0.25) is 14.5 Å². The van der Waals surface area contributed by atoms with Crippen LogP contribution in [0.15, 0.2) is 29.2 Å². The molecule has 2 atom stereocenters. The molecule has 3 N–H and O–H groups in total. The van der Waals surface area contributed by atoms with Gasteiger partial charge in [0.2, 0.25) is 11.8 Å². The summed E-state index contributed by atoms with van der Waals surface area (Å²) < 4.78 is 20.5. The number of hydrogen-bond donors (Lipinski definition) is 3. The van der Waals surface area contributed by atoms with Gasteiger partial charge in [-0.05, 0) is 50.1 Å². The molecule has 0 aliphatic carbocycles. The number of aliphatic hydroxyl groups excluding tert-OH is 1. The Morgan fingerprint density at radius 1 is 1.15 bits per heavy atom. The minimum atomic E-state index is -0.479. The van der Waals surface area contributed by atoms with Gasteiger partial charge in [-0.25, -0.2) is 14.2 Å². The number of halogens is 1. The zero-order valence-electron chi connectivity index (χ0n) is 21.2. The Kier molecular flexibility index (Phi) is 7.04. The highest BCUT2D eigenvalue weighted by Gasteiger charge is 2.41. The van der Waals surface area contributed by atoms with Crippen LogP contribution in [0.25, 0.3) is 0 Å². The number of fused-ring (bicyclic) bond motifs is 1. The van der Waals surface area contributed by atoms with Crippen molar-refractivity contribution >= 4 is 52.7 Å². The fourth-order valence-electron chi connectivity index (χ4n) is 5.56. The van der Waals surface area contributed by atoms with E-state index in [-0.39, 0.29) is 42.9 Å². The maximum atomic E-state index is 15.0. The summed E-state index contributed by atoms with van der Waals surface area (Å²) >= 11 is 1.41. The van der Waals surface area contributed by atoms with Crippen LogP contribution in [-0.4, -0.2) is 79.2 Å². The molecule has 2 aromatic rings. The van der Waals surface area contributed by atoms with Gasteiger partial charge in [-0.2, -0.15) is 0 Å². The van der Waals surface area contributed by atoms with Crippen molar-refractivity contribution in [1.29, 1.82) is 0 Å². The second-order valence-electron chi connectivity index (χ2n) is 9.95. The van der Waals surface area contributed by atoms with Crippen molar-refractivity contribution in [2.75, 3.05) is 65.1 Å². The third kappa shape index (κ3) is 4.90. The fourth-order valence-corrected chi connectivity index (χ4v) is 6.32. The molecule has 4 aliphatic rings. The molecule has 0 radical (unpaired) electrons. The van der Waals surface area contributed by atoms with Crippen LogP contribution in [0.2, 0.25) is 0 Å². The molecule has 5 heterocycles. The number of benzene rings is 1. The van der Waals surface area contributed by atoms with E-state index in [2.05, 4.69) is 15.6 Å². The molecule has 1 saturated heterocycles. The smallest absolute Gasteiger partial charge is 0.415 e. The number of thioether (sulfide) groups is 1. The number of aliphatic hydroxyl groups is 1. The fraction of sp³-hybridized carbons (Fsp3) is 0.462. The van der Waals surface area contributed by atoms with Crippen molar-refractivity contribution in [1.82, 2.24) is 10.3 Å². The normalized spacial score (nSPS) is 21.7. The minimum absolute atomic E-state index is 0.0250. The summed E-state index contributed by atoms with van der Waals surface area (Å²) in [5.74, 6) is 0.670. The van der Waals surface area contributed by atoms with Gasteiger partial charge in [0.15, 0.2) is 0 Å². The van der Waals surface area contributed by atoms with Gasteiger partial charge in [0.25, 0.3) is 0 Å². The van der Waals surface area contributed by atoms with E-state index in [1.807, 2.05) is 11.0 Å².